The van der Waals surface area contributed by atoms with Crippen LogP contribution < -0.4 is 0 Å². The van der Waals surface area contributed by atoms with Crippen LogP contribution in [0.25, 0.3) is 11.4 Å². The van der Waals surface area contributed by atoms with Gasteiger partial charge in [-0.05, 0) is 25.3 Å². The molecule has 1 aromatic carbocycles. The van der Waals surface area contributed by atoms with Crippen molar-refractivity contribution in [3.05, 3.63) is 41.2 Å². The van der Waals surface area contributed by atoms with E-state index in [2.05, 4.69) is 31.0 Å². The number of rotatable bonds is 2. The van der Waals surface area contributed by atoms with Crippen molar-refractivity contribution < 1.29 is 5.21 Å². The average Bonchev–Trinajstić information content (AvgIpc) is 2.57. The van der Waals surface area contributed by atoms with Gasteiger partial charge < -0.3 is 5.21 Å². The molecule has 17 heavy (non-hydrogen) atoms. The second-order valence-electron chi connectivity index (χ2n) is 4.69. The van der Waals surface area contributed by atoms with Crippen LogP contribution in [0.15, 0.2) is 24.3 Å². The summed E-state index contributed by atoms with van der Waals surface area (Å²) in [4.78, 5) is 4.37. The number of hydrogen-bond donors (Lipinski definition) is 1. The molecule has 0 amide bonds. The second kappa shape index (κ2) is 4.24. The van der Waals surface area contributed by atoms with Gasteiger partial charge >= 0.3 is 0 Å². The molecule has 3 nitrogen and oxygen atoms in total. The van der Waals surface area contributed by atoms with Gasteiger partial charge in [0, 0.05) is 5.56 Å². The van der Waals surface area contributed by atoms with Gasteiger partial charge in [0.15, 0.2) is 5.82 Å². The molecule has 0 unspecified atom stereocenters. The fraction of sp³-hybridized carbons (Fsp3) is 0.357. The van der Waals surface area contributed by atoms with E-state index in [-0.39, 0.29) is 0 Å². The highest BCUT2D eigenvalue weighted by Gasteiger charge is 2.12. The Labute approximate surface area is 102 Å². The minimum Gasteiger partial charge on any atom is -0.427 e. The zero-order chi connectivity index (χ0) is 12.6. The molecular formula is C14H18N2O. The Bertz CT molecular complexity index is 524. The Balaban J connectivity index is 2.43. The largest absolute Gasteiger partial charge is 0.427 e. The van der Waals surface area contributed by atoms with E-state index in [0.29, 0.717) is 11.7 Å². The van der Waals surface area contributed by atoms with E-state index in [4.69, 9.17) is 0 Å². The smallest absolute Gasteiger partial charge is 0.175 e. The number of aromatic nitrogens is 2. The maximum absolute atomic E-state index is 9.90. The summed E-state index contributed by atoms with van der Waals surface area (Å²) in [5.74, 6) is 1.12. The molecule has 0 saturated heterocycles. The minimum absolute atomic E-state index is 0.515. The van der Waals surface area contributed by atoms with Crippen LogP contribution in [0.4, 0.5) is 0 Å². The molecule has 0 aliphatic carbocycles. The van der Waals surface area contributed by atoms with Crippen LogP contribution in [0, 0.1) is 13.8 Å². The quantitative estimate of drug-likeness (QED) is 0.801. The van der Waals surface area contributed by atoms with Crippen LogP contribution >= 0.6 is 0 Å². The van der Waals surface area contributed by atoms with Crippen LogP contribution in [0.2, 0.25) is 0 Å². The van der Waals surface area contributed by atoms with E-state index in [0.717, 1.165) is 21.7 Å². The van der Waals surface area contributed by atoms with Crippen molar-refractivity contribution in [3.8, 4) is 11.4 Å². The van der Waals surface area contributed by atoms with Crippen LogP contribution in [-0.2, 0) is 0 Å². The molecule has 0 atom stereocenters. The molecule has 0 saturated carbocycles. The van der Waals surface area contributed by atoms with E-state index in [1.807, 2.05) is 26.0 Å². The summed E-state index contributed by atoms with van der Waals surface area (Å²) in [5, 5.41) is 9.90. The highest BCUT2D eigenvalue weighted by Crippen LogP contribution is 2.23. The number of benzene rings is 1. The second-order valence-corrected chi connectivity index (χ2v) is 4.69. The van der Waals surface area contributed by atoms with Gasteiger partial charge in [-0.2, -0.15) is 4.73 Å². The highest BCUT2D eigenvalue weighted by atomic mass is 16.5. The predicted octanol–water partition coefficient (Wildman–Crippen LogP) is 3.53. The Morgan fingerprint density at radius 1 is 1.12 bits per heavy atom. The normalized spacial score (nSPS) is 11.1. The molecule has 0 spiro atoms. The van der Waals surface area contributed by atoms with E-state index in [1.54, 1.807) is 0 Å². The molecule has 0 radical (unpaired) electrons. The molecule has 2 rings (SSSR count). The predicted molar refractivity (Wildman–Crippen MR) is 68.4 cm³/mol. The summed E-state index contributed by atoms with van der Waals surface area (Å²) in [6.07, 6.45) is 0. The first kappa shape index (κ1) is 11.7. The summed E-state index contributed by atoms with van der Waals surface area (Å²) >= 11 is 0. The number of nitrogens with zero attached hydrogens (tertiary/aromatic N) is 2. The third-order valence-corrected chi connectivity index (χ3v) is 3.15. The standard InChI is InChI=1S/C14H18N2O/c1-9(2)12-5-7-13(8-6-12)14-15-10(3)11(4)16(14)17/h5-9,17H,1-4H3. The monoisotopic (exact) mass is 230 g/mol. The lowest BCUT2D eigenvalue weighted by Gasteiger charge is -2.06. The minimum atomic E-state index is 0.515. The topological polar surface area (TPSA) is 38.0 Å². The molecular weight excluding hydrogens is 212 g/mol. The Hall–Kier alpha value is -1.77. The lowest BCUT2D eigenvalue weighted by atomic mass is 10.0. The van der Waals surface area contributed by atoms with Crippen molar-refractivity contribution in [1.82, 2.24) is 9.71 Å². The summed E-state index contributed by atoms with van der Waals surface area (Å²) in [6.45, 7) is 8.08. The SMILES string of the molecule is Cc1nc(-c2ccc(C(C)C)cc2)n(O)c1C. The number of aryl methyl sites for hydroxylation is 1. The lowest BCUT2D eigenvalue weighted by Crippen LogP contribution is -1.97. The van der Waals surface area contributed by atoms with E-state index >= 15 is 0 Å². The first-order valence-corrected chi connectivity index (χ1v) is 5.86. The molecule has 0 fully saturated rings. The van der Waals surface area contributed by atoms with Gasteiger partial charge in [-0.15, -0.1) is 0 Å². The third kappa shape index (κ3) is 2.05. The van der Waals surface area contributed by atoms with Crippen molar-refractivity contribution in [2.45, 2.75) is 33.6 Å². The van der Waals surface area contributed by atoms with Gasteiger partial charge in [0.2, 0.25) is 0 Å². The summed E-state index contributed by atoms with van der Waals surface area (Å²) in [7, 11) is 0. The molecule has 1 aromatic heterocycles. The van der Waals surface area contributed by atoms with Gasteiger partial charge in [-0.3, -0.25) is 0 Å². The van der Waals surface area contributed by atoms with Crippen LogP contribution in [0.5, 0.6) is 0 Å². The number of hydrogen-bond acceptors (Lipinski definition) is 2. The maximum Gasteiger partial charge on any atom is 0.175 e. The van der Waals surface area contributed by atoms with Gasteiger partial charge in [0.05, 0.1) is 11.4 Å². The average molecular weight is 230 g/mol. The van der Waals surface area contributed by atoms with Crippen molar-refractivity contribution in [3.63, 3.8) is 0 Å². The van der Waals surface area contributed by atoms with E-state index < -0.39 is 0 Å². The molecule has 0 aliphatic heterocycles. The summed E-state index contributed by atoms with van der Waals surface area (Å²) in [6, 6.07) is 8.17. The van der Waals surface area contributed by atoms with Crippen LogP contribution in [0.3, 0.4) is 0 Å². The maximum atomic E-state index is 9.90. The molecule has 1 heterocycles. The van der Waals surface area contributed by atoms with E-state index in [9.17, 15) is 5.21 Å². The van der Waals surface area contributed by atoms with E-state index in [1.165, 1.54) is 5.56 Å². The van der Waals surface area contributed by atoms with Crippen molar-refractivity contribution in [2.75, 3.05) is 0 Å². The fourth-order valence-electron chi connectivity index (χ4n) is 1.80. The summed E-state index contributed by atoms with van der Waals surface area (Å²) < 4.78 is 1.15. The Morgan fingerprint density at radius 2 is 1.71 bits per heavy atom. The Kier molecular flexibility index (Phi) is 2.92. The van der Waals surface area contributed by atoms with Crippen LogP contribution in [0.1, 0.15) is 36.7 Å². The molecule has 90 valence electrons. The van der Waals surface area contributed by atoms with Gasteiger partial charge in [-0.1, -0.05) is 38.1 Å². The van der Waals surface area contributed by atoms with Gasteiger partial charge in [0.25, 0.3) is 0 Å². The Morgan fingerprint density at radius 3 is 2.12 bits per heavy atom. The first-order valence-electron chi connectivity index (χ1n) is 5.86. The lowest BCUT2D eigenvalue weighted by molar-refractivity contribution is 0.184. The fourth-order valence-corrected chi connectivity index (χ4v) is 1.80. The van der Waals surface area contributed by atoms with Gasteiger partial charge in [0.1, 0.15) is 0 Å². The molecule has 0 bridgehead atoms. The molecule has 0 aliphatic rings. The summed E-state index contributed by atoms with van der Waals surface area (Å²) in [5.41, 5.74) is 3.87. The highest BCUT2D eigenvalue weighted by molar-refractivity contribution is 5.57. The number of imidazole rings is 1. The van der Waals surface area contributed by atoms with Crippen molar-refractivity contribution in [2.24, 2.45) is 0 Å². The van der Waals surface area contributed by atoms with Crippen molar-refractivity contribution in [1.29, 1.82) is 0 Å². The third-order valence-electron chi connectivity index (χ3n) is 3.15. The van der Waals surface area contributed by atoms with Crippen LogP contribution in [-0.4, -0.2) is 14.9 Å². The van der Waals surface area contributed by atoms with Gasteiger partial charge in [-0.25, -0.2) is 4.98 Å². The molecule has 1 N–H and O–H groups in total. The zero-order valence-corrected chi connectivity index (χ0v) is 10.7. The van der Waals surface area contributed by atoms with Crippen molar-refractivity contribution >= 4 is 0 Å². The zero-order valence-electron chi connectivity index (χ0n) is 10.7. The first-order chi connectivity index (χ1) is 8.00. The molecule has 2 aromatic rings. The molecule has 3 heteroatoms.